The number of anilines is 4. The molecule has 4 rings (SSSR count). The molecule has 2 heterocycles. The van der Waals surface area contributed by atoms with Crippen molar-refractivity contribution in [2.75, 3.05) is 10.6 Å². The van der Waals surface area contributed by atoms with E-state index in [2.05, 4.69) is 25.8 Å². The summed E-state index contributed by atoms with van der Waals surface area (Å²) in [7, 11) is 0. The first-order valence-corrected chi connectivity index (χ1v) is 10.6. The fraction of sp³-hybridized carbons (Fsp3) is 0.120. The van der Waals surface area contributed by atoms with E-state index in [0.717, 1.165) is 16.9 Å². The minimum absolute atomic E-state index is 0.0261. The summed E-state index contributed by atoms with van der Waals surface area (Å²) in [6, 6.07) is 25.2. The van der Waals surface area contributed by atoms with E-state index < -0.39 is 0 Å². The van der Waals surface area contributed by atoms with E-state index in [-0.39, 0.29) is 17.3 Å². The molecule has 2 N–H and O–H groups in total. The standard InChI is InChI=1S/C25H21N9/c1-3-34-21(16-27)20(15-26)30-25(34)33-32-23-17(2)14-22(28-18-10-6-4-7-11-18)31-24(23)29-19-12-8-5-9-13-19/h4-14H,3H2,1-2H3,(H2,28,29,31). The van der Waals surface area contributed by atoms with Gasteiger partial charge in [-0.05, 0) is 49.7 Å². The zero-order valence-corrected chi connectivity index (χ0v) is 18.7. The van der Waals surface area contributed by atoms with E-state index >= 15 is 0 Å². The molecule has 0 amide bonds. The van der Waals surface area contributed by atoms with Crippen LogP contribution in [0, 0.1) is 29.6 Å². The lowest BCUT2D eigenvalue weighted by atomic mass is 10.2. The zero-order valence-electron chi connectivity index (χ0n) is 18.7. The molecule has 0 spiro atoms. The summed E-state index contributed by atoms with van der Waals surface area (Å²) in [5, 5.41) is 34.0. The van der Waals surface area contributed by atoms with E-state index in [1.807, 2.05) is 92.7 Å². The Morgan fingerprint density at radius 3 is 2.12 bits per heavy atom. The molecule has 9 nitrogen and oxygen atoms in total. The van der Waals surface area contributed by atoms with Gasteiger partial charge in [-0.3, -0.25) is 4.57 Å². The van der Waals surface area contributed by atoms with Crippen molar-refractivity contribution in [1.82, 2.24) is 14.5 Å². The van der Waals surface area contributed by atoms with E-state index in [9.17, 15) is 10.5 Å². The number of aryl methyl sites for hydroxylation is 1. The number of nitriles is 2. The third kappa shape index (κ3) is 4.74. The number of aromatic nitrogens is 3. The summed E-state index contributed by atoms with van der Waals surface area (Å²) in [6.45, 7) is 4.19. The summed E-state index contributed by atoms with van der Waals surface area (Å²) in [4.78, 5) is 8.89. The van der Waals surface area contributed by atoms with Crippen LogP contribution in [0.15, 0.2) is 77.0 Å². The van der Waals surface area contributed by atoms with Gasteiger partial charge in [0, 0.05) is 17.9 Å². The molecular formula is C25H21N9. The van der Waals surface area contributed by atoms with Crippen LogP contribution in [0.5, 0.6) is 0 Å². The number of nitrogens with one attached hydrogen (secondary N) is 2. The number of nitrogens with zero attached hydrogens (tertiary/aromatic N) is 7. The van der Waals surface area contributed by atoms with Gasteiger partial charge in [0.05, 0.1) is 0 Å². The highest BCUT2D eigenvalue weighted by Gasteiger charge is 2.17. The molecule has 0 aliphatic carbocycles. The van der Waals surface area contributed by atoms with E-state index in [4.69, 9.17) is 4.98 Å². The van der Waals surface area contributed by atoms with Crippen molar-refractivity contribution < 1.29 is 0 Å². The van der Waals surface area contributed by atoms with Crippen LogP contribution >= 0.6 is 0 Å². The first-order valence-electron chi connectivity index (χ1n) is 10.6. The predicted octanol–water partition coefficient (Wildman–Crippen LogP) is 6.25. The van der Waals surface area contributed by atoms with Gasteiger partial charge in [-0.2, -0.15) is 15.5 Å². The number of rotatable bonds is 7. The molecule has 2 aromatic heterocycles. The summed E-state index contributed by atoms with van der Waals surface area (Å²) >= 11 is 0. The fourth-order valence-corrected chi connectivity index (χ4v) is 3.37. The third-order valence-corrected chi connectivity index (χ3v) is 4.98. The lowest BCUT2D eigenvalue weighted by Gasteiger charge is -2.13. The number of azo groups is 1. The van der Waals surface area contributed by atoms with Crippen molar-refractivity contribution >= 4 is 34.6 Å². The molecule has 0 radical (unpaired) electrons. The Morgan fingerprint density at radius 2 is 1.53 bits per heavy atom. The molecule has 0 unspecified atom stereocenters. The molecule has 166 valence electrons. The Hall–Kier alpha value is -5.02. The maximum atomic E-state index is 9.40. The molecular weight excluding hydrogens is 426 g/mol. The van der Waals surface area contributed by atoms with Crippen LogP contribution < -0.4 is 10.6 Å². The quantitative estimate of drug-likeness (QED) is 0.322. The molecule has 0 saturated heterocycles. The van der Waals surface area contributed by atoms with Gasteiger partial charge in [0.25, 0.3) is 5.95 Å². The highest BCUT2D eigenvalue weighted by Crippen LogP contribution is 2.34. The topological polar surface area (TPSA) is 127 Å². The van der Waals surface area contributed by atoms with Crippen LogP contribution in [0.2, 0.25) is 0 Å². The van der Waals surface area contributed by atoms with E-state index in [1.165, 1.54) is 0 Å². The SMILES string of the molecule is CCn1c(N=Nc2c(C)cc(Nc3ccccc3)nc2Nc2ccccc2)nc(C#N)c1C#N. The maximum Gasteiger partial charge on any atom is 0.251 e. The Morgan fingerprint density at radius 1 is 0.882 bits per heavy atom. The van der Waals surface area contributed by atoms with Gasteiger partial charge in [-0.15, -0.1) is 10.2 Å². The van der Waals surface area contributed by atoms with Crippen molar-refractivity contribution in [3.8, 4) is 12.1 Å². The second-order valence-electron chi connectivity index (χ2n) is 7.28. The summed E-state index contributed by atoms with van der Waals surface area (Å²) in [5.74, 6) is 1.34. The summed E-state index contributed by atoms with van der Waals surface area (Å²) in [5.41, 5.74) is 3.29. The minimum atomic E-state index is 0.0261. The smallest absolute Gasteiger partial charge is 0.251 e. The number of imidazole rings is 1. The molecule has 0 atom stereocenters. The second-order valence-corrected chi connectivity index (χ2v) is 7.28. The van der Waals surface area contributed by atoms with Gasteiger partial charge < -0.3 is 10.6 Å². The fourth-order valence-electron chi connectivity index (χ4n) is 3.37. The van der Waals surface area contributed by atoms with Gasteiger partial charge in [-0.1, -0.05) is 36.4 Å². The highest BCUT2D eigenvalue weighted by atomic mass is 15.3. The molecule has 9 heteroatoms. The van der Waals surface area contributed by atoms with Crippen molar-refractivity contribution in [3.05, 3.63) is 83.7 Å². The number of hydrogen-bond acceptors (Lipinski definition) is 8. The van der Waals surface area contributed by atoms with Crippen LogP contribution in [0.25, 0.3) is 0 Å². The molecule has 2 aromatic carbocycles. The van der Waals surface area contributed by atoms with Crippen molar-refractivity contribution in [2.24, 2.45) is 10.2 Å². The molecule has 0 aliphatic heterocycles. The Bertz CT molecular complexity index is 1410. The molecule has 34 heavy (non-hydrogen) atoms. The number of pyridine rings is 1. The van der Waals surface area contributed by atoms with Gasteiger partial charge in [0.1, 0.15) is 23.6 Å². The summed E-state index contributed by atoms with van der Waals surface area (Å²) in [6.07, 6.45) is 0. The normalized spacial score (nSPS) is 10.6. The van der Waals surface area contributed by atoms with Crippen LogP contribution in [-0.2, 0) is 6.54 Å². The Balaban J connectivity index is 1.76. The van der Waals surface area contributed by atoms with E-state index in [0.29, 0.717) is 23.9 Å². The van der Waals surface area contributed by atoms with Gasteiger partial charge in [0.2, 0.25) is 0 Å². The van der Waals surface area contributed by atoms with E-state index in [1.54, 1.807) is 4.57 Å². The van der Waals surface area contributed by atoms with Gasteiger partial charge in [-0.25, -0.2) is 4.98 Å². The Labute approximate surface area is 197 Å². The van der Waals surface area contributed by atoms with Crippen LogP contribution in [0.1, 0.15) is 23.9 Å². The number of para-hydroxylation sites is 2. The third-order valence-electron chi connectivity index (χ3n) is 4.98. The lowest BCUT2D eigenvalue weighted by Crippen LogP contribution is -2.00. The zero-order chi connectivity index (χ0) is 23.9. The van der Waals surface area contributed by atoms with Crippen LogP contribution in [0.3, 0.4) is 0 Å². The molecule has 0 fully saturated rings. The van der Waals surface area contributed by atoms with Crippen molar-refractivity contribution in [3.63, 3.8) is 0 Å². The average molecular weight is 448 g/mol. The van der Waals surface area contributed by atoms with Crippen molar-refractivity contribution in [2.45, 2.75) is 20.4 Å². The first kappa shape index (κ1) is 22.2. The Kier molecular flexibility index (Phi) is 6.57. The van der Waals surface area contributed by atoms with Crippen molar-refractivity contribution in [1.29, 1.82) is 10.5 Å². The average Bonchev–Trinajstić information content (AvgIpc) is 3.21. The van der Waals surface area contributed by atoms with Crippen LogP contribution in [-0.4, -0.2) is 14.5 Å². The maximum absolute atomic E-state index is 9.40. The van der Waals surface area contributed by atoms with Gasteiger partial charge in [0.15, 0.2) is 17.2 Å². The number of hydrogen-bond donors (Lipinski definition) is 2. The highest BCUT2D eigenvalue weighted by molar-refractivity contribution is 5.74. The molecule has 0 bridgehead atoms. The first-order chi connectivity index (χ1) is 16.6. The molecule has 4 aromatic rings. The predicted molar refractivity (Wildman–Crippen MR) is 130 cm³/mol. The van der Waals surface area contributed by atoms with Gasteiger partial charge >= 0.3 is 0 Å². The largest absolute Gasteiger partial charge is 0.340 e. The second kappa shape index (κ2) is 10.1. The van der Waals surface area contributed by atoms with Crippen LogP contribution in [0.4, 0.5) is 34.6 Å². The lowest BCUT2D eigenvalue weighted by molar-refractivity contribution is 0.748. The monoisotopic (exact) mass is 447 g/mol. The number of benzene rings is 2. The molecule has 0 saturated carbocycles. The molecule has 0 aliphatic rings. The minimum Gasteiger partial charge on any atom is -0.340 e. The summed E-state index contributed by atoms with van der Waals surface area (Å²) < 4.78 is 1.56.